The third-order valence-electron chi connectivity index (χ3n) is 7.46. The molecule has 7 nitrogen and oxygen atoms in total. The van der Waals surface area contributed by atoms with Crippen LogP contribution >= 0.6 is 0 Å². The predicted molar refractivity (Wildman–Crippen MR) is 155 cm³/mol. The van der Waals surface area contributed by atoms with Gasteiger partial charge in [0.15, 0.2) is 17.7 Å². The molecule has 1 aliphatic rings. The lowest BCUT2D eigenvalue weighted by Gasteiger charge is -2.29. The van der Waals surface area contributed by atoms with E-state index in [0.29, 0.717) is 29.1 Å². The summed E-state index contributed by atoms with van der Waals surface area (Å²) < 4.78 is 47.1. The van der Waals surface area contributed by atoms with Crippen LogP contribution in [0.5, 0.6) is 5.75 Å². The van der Waals surface area contributed by atoms with Gasteiger partial charge < -0.3 is 18.8 Å². The van der Waals surface area contributed by atoms with Gasteiger partial charge in [0.1, 0.15) is 11.4 Å². The van der Waals surface area contributed by atoms with E-state index < -0.39 is 29.3 Å². The highest BCUT2D eigenvalue weighted by Crippen LogP contribution is 2.44. The second kappa shape index (κ2) is 10.5. The van der Waals surface area contributed by atoms with E-state index in [-0.39, 0.29) is 6.54 Å². The summed E-state index contributed by atoms with van der Waals surface area (Å²) >= 11 is 0. The van der Waals surface area contributed by atoms with Gasteiger partial charge in [-0.15, -0.1) is 0 Å². The molecule has 216 valence electrons. The molecule has 5 aromatic rings. The van der Waals surface area contributed by atoms with Crippen LogP contribution in [-0.2, 0) is 27.2 Å². The number of benzene rings is 2. The molecule has 2 aromatic carbocycles. The number of rotatable bonds is 6. The number of aryl methyl sites for hydroxylation is 1. The first-order chi connectivity index (χ1) is 20.1. The maximum atomic E-state index is 14.0. The number of carbonyl (C=O) groups excluding carboxylic acids is 1. The van der Waals surface area contributed by atoms with Crippen LogP contribution in [0, 0.1) is 18.6 Å². The highest BCUT2D eigenvalue weighted by molar-refractivity contribution is 6.07. The zero-order chi connectivity index (χ0) is 29.8. The fraction of sp³-hybridized carbons (Fsp3) is 0.303. The second-order valence-electron chi connectivity index (χ2n) is 11.5. The third kappa shape index (κ3) is 4.87. The fourth-order valence-electron chi connectivity index (χ4n) is 5.69. The Morgan fingerprint density at radius 1 is 1.12 bits per heavy atom. The van der Waals surface area contributed by atoms with Gasteiger partial charge in [0, 0.05) is 58.5 Å². The van der Waals surface area contributed by atoms with Crippen molar-refractivity contribution in [2.24, 2.45) is 0 Å². The number of hydrogen-bond donors (Lipinski definition) is 0. The second-order valence-corrected chi connectivity index (χ2v) is 11.5. The molecule has 0 aliphatic carbocycles. The van der Waals surface area contributed by atoms with Crippen LogP contribution in [0.4, 0.5) is 8.78 Å². The Balaban J connectivity index is 1.65. The van der Waals surface area contributed by atoms with Crippen LogP contribution in [0.1, 0.15) is 49.3 Å². The van der Waals surface area contributed by atoms with E-state index in [1.54, 1.807) is 12.3 Å². The highest BCUT2D eigenvalue weighted by Gasteiger charge is 2.34. The first kappa shape index (κ1) is 27.8. The lowest BCUT2D eigenvalue weighted by Crippen LogP contribution is -2.29. The topological polar surface area (TPSA) is 75.5 Å². The van der Waals surface area contributed by atoms with Crippen LogP contribution in [0.25, 0.3) is 33.1 Å². The van der Waals surface area contributed by atoms with Crippen LogP contribution in [-0.4, -0.2) is 39.8 Å². The third-order valence-corrected chi connectivity index (χ3v) is 7.46. The minimum absolute atomic E-state index is 0.265. The van der Waals surface area contributed by atoms with Gasteiger partial charge in [-0.2, -0.15) is 0 Å². The maximum absolute atomic E-state index is 14.0. The smallest absolute Gasteiger partial charge is 0.339 e. The number of halogens is 2. The Kier molecular flexibility index (Phi) is 6.93. The SMILES string of the molecule is COC(=O)[C@@H](OC(C)(C)C)c1c(C)nc2c(ccn2Cc2ccc(F)c(F)c2)c1-c1ccc2c3c(ccnc13)CCO2. The average molecular weight is 572 g/mol. The maximum Gasteiger partial charge on any atom is 0.339 e. The number of aromatic nitrogens is 3. The molecule has 0 amide bonds. The molecular weight excluding hydrogens is 540 g/mol. The Labute approximate surface area is 242 Å². The van der Waals surface area contributed by atoms with Crippen molar-refractivity contribution in [2.45, 2.75) is 52.4 Å². The van der Waals surface area contributed by atoms with Gasteiger partial charge in [-0.25, -0.2) is 18.6 Å². The van der Waals surface area contributed by atoms with Crippen molar-refractivity contribution in [1.29, 1.82) is 0 Å². The predicted octanol–water partition coefficient (Wildman–Crippen LogP) is 6.85. The van der Waals surface area contributed by atoms with Crippen molar-refractivity contribution in [1.82, 2.24) is 14.5 Å². The number of methoxy groups -OCH3 is 1. The highest BCUT2D eigenvalue weighted by atomic mass is 19.2. The van der Waals surface area contributed by atoms with Crippen LogP contribution in [0.15, 0.2) is 54.9 Å². The van der Waals surface area contributed by atoms with E-state index in [4.69, 9.17) is 24.2 Å². The molecule has 0 bridgehead atoms. The molecular formula is C33H31F2N3O4. The molecule has 0 radical (unpaired) electrons. The van der Waals surface area contributed by atoms with Gasteiger partial charge in [-0.1, -0.05) is 6.07 Å². The summed E-state index contributed by atoms with van der Waals surface area (Å²) in [5.74, 6) is -1.59. The normalized spacial score (nSPS) is 13.8. The van der Waals surface area contributed by atoms with Gasteiger partial charge in [-0.3, -0.25) is 4.98 Å². The zero-order valence-electron chi connectivity index (χ0n) is 24.1. The zero-order valence-corrected chi connectivity index (χ0v) is 24.1. The molecule has 0 fully saturated rings. The summed E-state index contributed by atoms with van der Waals surface area (Å²) in [6.45, 7) is 8.32. The average Bonchev–Trinajstić information content (AvgIpc) is 3.34. The molecule has 0 N–H and O–H groups in total. The number of pyridine rings is 2. The van der Waals surface area contributed by atoms with Gasteiger partial charge in [0.25, 0.3) is 0 Å². The largest absolute Gasteiger partial charge is 0.493 e. The molecule has 4 heterocycles. The van der Waals surface area contributed by atoms with Crippen LogP contribution in [0.3, 0.4) is 0 Å². The van der Waals surface area contributed by atoms with Gasteiger partial charge in [0.2, 0.25) is 0 Å². The molecule has 1 atom stereocenters. The van der Waals surface area contributed by atoms with E-state index in [0.717, 1.165) is 51.2 Å². The lowest BCUT2D eigenvalue weighted by molar-refractivity contribution is -0.164. The molecule has 0 saturated heterocycles. The van der Waals surface area contributed by atoms with Gasteiger partial charge in [0.05, 0.1) is 24.8 Å². The number of nitrogens with zero attached hydrogens (tertiary/aromatic N) is 3. The molecule has 3 aromatic heterocycles. The molecule has 0 unspecified atom stereocenters. The summed E-state index contributed by atoms with van der Waals surface area (Å²) in [6, 6.07) is 11.7. The van der Waals surface area contributed by atoms with Crippen molar-refractivity contribution in [3.8, 4) is 16.9 Å². The van der Waals surface area contributed by atoms with Crippen LogP contribution in [0.2, 0.25) is 0 Å². The lowest BCUT2D eigenvalue weighted by atomic mass is 9.89. The summed E-state index contributed by atoms with van der Waals surface area (Å²) in [6.07, 6.45) is 3.33. The summed E-state index contributed by atoms with van der Waals surface area (Å²) in [4.78, 5) is 23.0. The molecule has 42 heavy (non-hydrogen) atoms. The van der Waals surface area contributed by atoms with Crippen molar-refractivity contribution in [3.63, 3.8) is 0 Å². The summed E-state index contributed by atoms with van der Waals surface area (Å²) in [7, 11) is 1.34. The first-order valence-corrected chi connectivity index (χ1v) is 13.8. The summed E-state index contributed by atoms with van der Waals surface area (Å²) in [5, 5.41) is 1.69. The number of fused-ring (bicyclic) bond motifs is 1. The Hall–Kier alpha value is -4.37. The Bertz CT molecular complexity index is 1850. The number of hydrogen-bond acceptors (Lipinski definition) is 6. The van der Waals surface area contributed by atoms with Crippen LogP contribution < -0.4 is 4.74 Å². The van der Waals surface area contributed by atoms with E-state index in [1.165, 1.54) is 13.2 Å². The molecule has 9 heteroatoms. The molecule has 1 aliphatic heterocycles. The first-order valence-electron chi connectivity index (χ1n) is 13.8. The van der Waals surface area contributed by atoms with Crippen molar-refractivity contribution in [2.75, 3.05) is 13.7 Å². The van der Waals surface area contributed by atoms with Gasteiger partial charge in [-0.05, 0) is 75.2 Å². The van der Waals surface area contributed by atoms with Crippen molar-refractivity contribution in [3.05, 3.63) is 88.9 Å². The minimum Gasteiger partial charge on any atom is -0.493 e. The number of carbonyl (C=O) groups is 1. The number of ether oxygens (including phenoxy) is 3. The van der Waals surface area contributed by atoms with E-state index in [1.807, 2.05) is 62.7 Å². The van der Waals surface area contributed by atoms with E-state index in [2.05, 4.69) is 0 Å². The Morgan fingerprint density at radius 3 is 2.67 bits per heavy atom. The molecule has 6 rings (SSSR count). The monoisotopic (exact) mass is 571 g/mol. The minimum atomic E-state index is -1.07. The van der Waals surface area contributed by atoms with Crippen molar-refractivity contribution >= 4 is 27.9 Å². The fourth-order valence-corrected chi connectivity index (χ4v) is 5.69. The summed E-state index contributed by atoms with van der Waals surface area (Å²) in [5.41, 5.74) is 5.08. The van der Waals surface area contributed by atoms with E-state index >= 15 is 0 Å². The van der Waals surface area contributed by atoms with E-state index in [9.17, 15) is 13.6 Å². The quantitative estimate of drug-likeness (QED) is 0.208. The molecule has 0 saturated carbocycles. The Morgan fingerprint density at radius 2 is 1.93 bits per heavy atom. The van der Waals surface area contributed by atoms with Crippen molar-refractivity contribution < 1.29 is 27.8 Å². The molecule has 0 spiro atoms. The number of esters is 1. The standard InChI is InChI=1S/C33H31F2N3O4/c1-18-26(30(32(39)40-5)42-33(2,3)4)28(21-7-9-25-27-20(12-15-41-25)10-13-36-29(21)27)22-11-14-38(31(22)37-18)17-19-6-8-23(34)24(35)16-19/h6-11,13-14,16,30H,12,15,17H2,1-5H3/t30-/m0/s1. The van der Waals surface area contributed by atoms with Gasteiger partial charge >= 0.3 is 5.97 Å².